The van der Waals surface area contributed by atoms with Gasteiger partial charge < -0.3 is 10.6 Å². The van der Waals surface area contributed by atoms with E-state index < -0.39 is 0 Å². The number of rotatable bonds is 4. The second-order valence-electron chi connectivity index (χ2n) is 4.56. The number of hydrogen-bond donors (Lipinski definition) is 2. The van der Waals surface area contributed by atoms with Gasteiger partial charge in [-0.1, -0.05) is 6.92 Å². The number of thiazole rings is 1. The average molecular weight is 239 g/mol. The Morgan fingerprint density at radius 2 is 2.50 bits per heavy atom. The van der Waals surface area contributed by atoms with Crippen molar-refractivity contribution in [2.45, 2.75) is 38.1 Å². The second kappa shape index (κ2) is 6.33. The van der Waals surface area contributed by atoms with Crippen LogP contribution >= 0.6 is 11.3 Å². The normalized spacial score (nSPS) is 23.9. The molecule has 1 aliphatic heterocycles. The van der Waals surface area contributed by atoms with Crippen LogP contribution in [-0.2, 0) is 0 Å². The van der Waals surface area contributed by atoms with Crippen LogP contribution in [0.5, 0.6) is 0 Å². The fourth-order valence-electron chi connectivity index (χ4n) is 2.13. The van der Waals surface area contributed by atoms with Crippen molar-refractivity contribution in [2.75, 3.05) is 19.6 Å². The van der Waals surface area contributed by atoms with Crippen LogP contribution in [0.3, 0.4) is 0 Å². The molecule has 16 heavy (non-hydrogen) atoms. The van der Waals surface area contributed by atoms with Crippen molar-refractivity contribution in [1.29, 1.82) is 0 Å². The maximum Gasteiger partial charge on any atom is 0.0965 e. The van der Waals surface area contributed by atoms with E-state index in [4.69, 9.17) is 0 Å². The highest BCUT2D eigenvalue weighted by Gasteiger charge is 2.14. The summed E-state index contributed by atoms with van der Waals surface area (Å²) in [7, 11) is 0. The monoisotopic (exact) mass is 239 g/mol. The Morgan fingerprint density at radius 3 is 3.31 bits per heavy atom. The molecule has 2 rings (SSSR count). The minimum Gasteiger partial charge on any atom is -0.317 e. The fourth-order valence-corrected chi connectivity index (χ4v) is 2.83. The van der Waals surface area contributed by atoms with Crippen LogP contribution in [0, 0.1) is 0 Å². The van der Waals surface area contributed by atoms with Crippen molar-refractivity contribution >= 4 is 11.3 Å². The van der Waals surface area contributed by atoms with Crippen molar-refractivity contribution < 1.29 is 0 Å². The van der Waals surface area contributed by atoms with Gasteiger partial charge in [0.15, 0.2) is 0 Å². The molecular formula is C12H21N3S. The van der Waals surface area contributed by atoms with Gasteiger partial charge in [0.2, 0.25) is 0 Å². The predicted molar refractivity (Wildman–Crippen MR) is 69.0 cm³/mol. The van der Waals surface area contributed by atoms with E-state index in [-0.39, 0.29) is 0 Å². The summed E-state index contributed by atoms with van der Waals surface area (Å²) in [6, 6.07) is 0.692. The van der Waals surface area contributed by atoms with Crippen LogP contribution in [0.4, 0.5) is 0 Å². The molecule has 0 bridgehead atoms. The summed E-state index contributed by atoms with van der Waals surface area (Å²) in [4.78, 5) is 4.36. The lowest BCUT2D eigenvalue weighted by molar-refractivity contribution is 0.453. The lowest BCUT2D eigenvalue weighted by Crippen LogP contribution is -2.32. The van der Waals surface area contributed by atoms with Gasteiger partial charge in [0.25, 0.3) is 0 Å². The lowest BCUT2D eigenvalue weighted by Gasteiger charge is -2.18. The average Bonchev–Trinajstić information content (AvgIpc) is 2.71. The molecule has 2 heterocycles. The summed E-state index contributed by atoms with van der Waals surface area (Å²) in [6.45, 7) is 5.64. The van der Waals surface area contributed by atoms with Crippen molar-refractivity contribution in [1.82, 2.24) is 15.6 Å². The molecule has 2 unspecified atom stereocenters. The topological polar surface area (TPSA) is 37.0 Å². The van der Waals surface area contributed by atoms with Crippen molar-refractivity contribution in [3.05, 3.63) is 16.6 Å². The molecule has 0 saturated carbocycles. The molecule has 4 heteroatoms. The maximum absolute atomic E-state index is 4.36. The molecular weight excluding hydrogens is 218 g/mol. The molecule has 0 radical (unpaired) electrons. The molecule has 3 nitrogen and oxygen atoms in total. The molecule has 0 aliphatic carbocycles. The molecule has 1 aromatic rings. The molecule has 0 amide bonds. The van der Waals surface area contributed by atoms with Gasteiger partial charge in [0.05, 0.1) is 5.01 Å². The smallest absolute Gasteiger partial charge is 0.0965 e. The van der Waals surface area contributed by atoms with Gasteiger partial charge in [-0.3, -0.25) is 0 Å². The first-order chi connectivity index (χ1) is 7.86. The summed E-state index contributed by atoms with van der Waals surface area (Å²) in [5.74, 6) is 0.538. The Hall–Kier alpha value is -0.450. The minimum atomic E-state index is 0.538. The highest BCUT2D eigenvalue weighted by molar-refractivity contribution is 7.09. The summed E-state index contributed by atoms with van der Waals surface area (Å²) < 4.78 is 0. The number of nitrogens with one attached hydrogen (secondary N) is 2. The zero-order chi connectivity index (χ0) is 11.2. The van der Waals surface area contributed by atoms with E-state index in [0.717, 1.165) is 13.1 Å². The van der Waals surface area contributed by atoms with Gasteiger partial charge in [0, 0.05) is 30.1 Å². The quantitative estimate of drug-likeness (QED) is 0.843. The van der Waals surface area contributed by atoms with Crippen LogP contribution in [-0.4, -0.2) is 30.7 Å². The predicted octanol–water partition coefficient (Wildman–Crippen LogP) is 1.98. The third kappa shape index (κ3) is 3.54. The first-order valence-corrected chi connectivity index (χ1v) is 7.07. The van der Waals surface area contributed by atoms with Gasteiger partial charge in [-0.15, -0.1) is 11.3 Å². The van der Waals surface area contributed by atoms with Crippen LogP contribution in [0.15, 0.2) is 11.6 Å². The van der Waals surface area contributed by atoms with Crippen molar-refractivity contribution in [3.63, 3.8) is 0 Å². The van der Waals surface area contributed by atoms with Crippen molar-refractivity contribution in [3.8, 4) is 0 Å². The van der Waals surface area contributed by atoms with Gasteiger partial charge in [-0.2, -0.15) is 0 Å². The summed E-state index contributed by atoms with van der Waals surface area (Å²) in [6.07, 6.45) is 5.75. The summed E-state index contributed by atoms with van der Waals surface area (Å²) in [5.41, 5.74) is 0. The van der Waals surface area contributed by atoms with Gasteiger partial charge in [0.1, 0.15) is 0 Å². The Morgan fingerprint density at radius 1 is 1.56 bits per heavy atom. The standard InChI is InChI=1S/C12H21N3S/c1-10(12-14-7-8-16-12)9-15-11-3-2-5-13-6-4-11/h7-8,10-11,13,15H,2-6,9H2,1H3. The van der Waals surface area contributed by atoms with E-state index in [1.54, 1.807) is 11.3 Å². The second-order valence-corrected chi connectivity index (χ2v) is 5.48. The number of nitrogens with zero attached hydrogens (tertiary/aromatic N) is 1. The van der Waals surface area contributed by atoms with E-state index in [2.05, 4.69) is 27.9 Å². The van der Waals surface area contributed by atoms with Crippen LogP contribution < -0.4 is 10.6 Å². The SMILES string of the molecule is CC(CNC1CCCNCC1)c1nccs1. The minimum absolute atomic E-state index is 0.538. The highest BCUT2D eigenvalue weighted by Crippen LogP contribution is 2.17. The zero-order valence-electron chi connectivity index (χ0n) is 9.91. The van der Waals surface area contributed by atoms with Crippen molar-refractivity contribution in [2.24, 2.45) is 0 Å². The summed E-state index contributed by atoms with van der Waals surface area (Å²) in [5, 5.41) is 10.4. The highest BCUT2D eigenvalue weighted by atomic mass is 32.1. The third-order valence-corrected chi connectivity index (χ3v) is 4.17. The first-order valence-electron chi connectivity index (χ1n) is 6.20. The lowest BCUT2D eigenvalue weighted by atomic mass is 10.1. The van der Waals surface area contributed by atoms with E-state index in [1.165, 1.54) is 30.8 Å². The molecule has 1 fully saturated rings. The zero-order valence-corrected chi connectivity index (χ0v) is 10.7. The Balaban J connectivity index is 1.73. The van der Waals surface area contributed by atoms with Gasteiger partial charge in [-0.25, -0.2) is 4.98 Å². The molecule has 1 aliphatic rings. The number of hydrogen-bond acceptors (Lipinski definition) is 4. The Bertz CT molecular complexity index is 278. The molecule has 0 aromatic carbocycles. The molecule has 1 aromatic heterocycles. The van der Waals surface area contributed by atoms with E-state index >= 15 is 0 Å². The van der Waals surface area contributed by atoms with Gasteiger partial charge >= 0.3 is 0 Å². The van der Waals surface area contributed by atoms with Gasteiger partial charge in [-0.05, 0) is 32.4 Å². The van der Waals surface area contributed by atoms with Crippen LogP contribution in [0.2, 0.25) is 0 Å². The van der Waals surface area contributed by atoms with E-state index in [1.807, 2.05) is 6.20 Å². The van der Waals surface area contributed by atoms with E-state index in [0.29, 0.717) is 12.0 Å². The molecule has 2 N–H and O–H groups in total. The largest absolute Gasteiger partial charge is 0.317 e. The van der Waals surface area contributed by atoms with Crippen LogP contribution in [0.1, 0.15) is 37.1 Å². The fraction of sp³-hybridized carbons (Fsp3) is 0.750. The van der Waals surface area contributed by atoms with Crippen LogP contribution in [0.25, 0.3) is 0 Å². The third-order valence-electron chi connectivity index (χ3n) is 3.16. The first kappa shape index (κ1) is 12.0. The molecule has 1 saturated heterocycles. The summed E-state index contributed by atoms with van der Waals surface area (Å²) >= 11 is 1.76. The molecule has 2 atom stereocenters. The Kier molecular flexibility index (Phi) is 4.75. The Labute approximate surface area is 102 Å². The maximum atomic E-state index is 4.36. The number of aromatic nitrogens is 1. The van der Waals surface area contributed by atoms with E-state index in [9.17, 15) is 0 Å². The molecule has 90 valence electrons. The molecule has 0 spiro atoms.